The maximum atomic E-state index is 12.9. The van der Waals surface area contributed by atoms with Gasteiger partial charge in [-0.05, 0) is 36.8 Å². The number of amides is 1. The van der Waals surface area contributed by atoms with Gasteiger partial charge in [0.1, 0.15) is 11.0 Å². The molecular formula is C19H16ClFN4O. The lowest BCUT2D eigenvalue weighted by Crippen LogP contribution is -2.17. The second-order valence-electron chi connectivity index (χ2n) is 5.64. The van der Waals surface area contributed by atoms with Crippen molar-refractivity contribution in [2.24, 2.45) is 5.10 Å². The van der Waals surface area contributed by atoms with Crippen LogP contribution in [0.3, 0.4) is 0 Å². The van der Waals surface area contributed by atoms with Crippen LogP contribution < -0.4 is 5.43 Å². The number of nitrogens with one attached hydrogen (secondary N) is 1. The highest BCUT2D eigenvalue weighted by Gasteiger charge is 2.12. The zero-order chi connectivity index (χ0) is 18.5. The third kappa shape index (κ3) is 4.15. The van der Waals surface area contributed by atoms with Gasteiger partial charge < -0.3 is 0 Å². The van der Waals surface area contributed by atoms with Gasteiger partial charge in [0, 0.05) is 5.56 Å². The van der Waals surface area contributed by atoms with Crippen LogP contribution in [0, 0.1) is 12.7 Å². The van der Waals surface area contributed by atoms with Crippen LogP contribution in [-0.2, 0) is 6.54 Å². The van der Waals surface area contributed by atoms with E-state index >= 15 is 0 Å². The molecule has 132 valence electrons. The van der Waals surface area contributed by atoms with E-state index < -0.39 is 11.7 Å². The number of hydrogen-bond acceptors (Lipinski definition) is 3. The van der Waals surface area contributed by atoms with Gasteiger partial charge in [-0.1, -0.05) is 41.9 Å². The highest BCUT2D eigenvalue weighted by molar-refractivity contribution is 6.32. The summed E-state index contributed by atoms with van der Waals surface area (Å²) in [5.74, 6) is -0.843. The van der Waals surface area contributed by atoms with E-state index in [9.17, 15) is 9.18 Å². The summed E-state index contributed by atoms with van der Waals surface area (Å²) in [6.45, 7) is 2.35. The minimum atomic E-state index is -0.438. The van der Waals surface area contributed by atoms with Crippen LogP contribution >= 0.6 is 11.6 Å². The van der Waals surface area contributed by atoms with Crippen molar-refractivity contribution < 1.29 is 9.18 Å². The normalized spacial score (nSPS) is 11.0. The first kappa shape index (κ1) is 17.8. The monoisotopic (exact) mass is 370 g/mol. The average Bonchev–Trinajstić information content (AvgIpc) is 2.90. The molecule has 2 aromatic carbocycles. The lowest BCUT2D eigenvalue weighted by atomic mass is 10.2. The zero-order valence-corrected chi connectivity index (χ0v) is 14.7. The Morgan fingerprint density at radius 3 is 2.62 bits per heavy atom. The van der Waals surface area contributed by atoms with Gasteiger partial charge in [-0.2, -0.15) is 10.2 Å². The molecule has 0 atom stereocenters. The molecule has 26 heavy (non-hydrogen) atoms. The number of hydrazone groups is 1. The Hall–Kier alpha value is -2.99. The minimum Gasteiger partial charge on any atom is -0.267 e. The van der Waals surface area contributed by atoms with E-state index in [4.69, 9.17) is 11.6 Å². The summed E-state index contributed by atoms with van der Waals surface area (Å²) in [6, 6.07) is 15.0. The third-order valence-electron chi connectivity index (χ3n) is 3.75. The van der Waals surface area contributed by atoms with Crippen LogP contribution in [0.25, 0.3) is 0 Å². The van der Waals surface area contributed by atoms with Crippen molar-refractivity contribution in [3.63, 3.8) is 0 Å². The van der Waals surface area contributed by atoms with Crippen molar-refractivity contribution in [3.05, 3.63) is 88.0 Å². The zero-order valence-electron chi connectivity index (χ0n) is 14.0. The van der Waals surface area contributed by atoms with E-state index in [2.05, 4.69) is 15.6 Å². The van der Waals surface area contributed by atoms with Crippen molar-refractivity contribution in [2.75, 3.05) is 0 Å². The molecule has 0 aliphatic heterocycles. The van der Waals surface area contributed by atoms with Crippen LogP contribution in [0.1, 0.15) is 27.2 Å². The molecular weight excluding hydrogens is 355 g/mol. The number of aromatic nitrogens is 2. The summed E-state index contributed by atoms with van der Waals surface area (Å²) < 4.78 is 14.6. The van der Waals surface area contributed by atoms with Gasteiger partial charge in [0.05, 0.1) is 24.0 Å². The highest BCUT2D eigenvalue weighted by atomic mass is 35.5. The molecule has 0 aliphatic carbocycles. The SMILES string of the molecule is Cc1nn(Cc2ccccc2)c(Cl)c1C=NNC(=O)c1ccc(F)cc1. The number of halogens is 2. The standard InChI is InChI=1S/C19H16ClFN4O/c1-13-17(11-22-23-19(26)15-7-9-16(21)10-8-15)18(20)25(24-13)12-14-5-3-2-4-6-14/h2-11H,12H2,1H3,(H,23,26). The molecule has 0 saturated heterocycles. The summed E-state index contributed by atoms with van der Waals surface area (Å²) in [7, 11) is 0. The van der Waals surface area contributed by atoms with Gasteiger partial charge in [0.2, 0.25) is 0 Å². The molecule has 1 amide bonds. The van der Waals surface area contributed by atoms with Crippen molar-refractivity contribution in [2.45, 2.75) is 13.5 Å². The Morgan fingerprint density at radius 1 is 1.23 bits per heavy atom. The van der Waals surface area contributed by atoms with Crippen LogP contribution in [0.2, 0.25) is 5.15 Å². The number of aryl methyl sites for hydroxylation is 1. The molecule has 3 aromatic rings. The van der Waals surface area contributed by atoms with Crippen LogP contribution in [0.5, 0.6) is 0 Å². The van der Waals surface area contributed by atoms with Gasteiger partial charge in [-0.3, -0.25) is 4.79 Å². The van der Waals surface area contributed by atoms with Gasteiger partial charge in [0.15, 0.2) is 0 Å². The Bertz CT molecular complexity index is 936. The van der Waals surface area contributed by atoms with Gasteiger partial charge in [0.25, 0.3) is 5.91 Å². The molecule has 7 heteroatoms. The Balaban J connectivity index is 1.70. The van der Waals surface area contributed by atoms with E-state index in [0.29, 0.717) is 28.5 Å². The van der Waals surface area contributed by atoms with E-state index in [1.54, 1.807) is 4.68 Å². The topological polar surface area (TPSA) is 59.3 Å². The predicted octanol–water partition coefficient (Wildman–Crippen LogP) is 3.80. The molecule has 1 aromatic heterocycles. The fourth-order valence-electron chi connectivity index (χ4n) is 2.40. The first-order valence-corrected chi connectivity index (χ1v) is 8.28. The largest absolute Gasteiger partial charge is 0.271 e. The second-order valence-corrected chi connectivity index (χ2v) is 6.00. The molecule has 1 N–H and O–H groups in total. The molecule has 0 saturated carbocycles. The number of rotatable bonds is 5. The molecule has 0 spiro atoms. The number of nitrogens with zero attached hydrogens (tertiary/aromatic N) is 3. The number of carbonyl (C=O) groups excluding carboxylic acids is 1. The van der Waals surface area contributed by atoms with Crippen molar-refractivity contribution >= 4 is 23.7 Å². The average molecular weight is 371 g/mol. The number of benzene rings is 2. The fourth-order valence-corrected chi connectivity index (χ4v) is 2.68. The van der Waals surface area contributed by atoms with Crippen LogP contribution in [0.4, 0.5) is 4.39 Å². The maximum Gasteiger partial charge on any atom is 0.271 e. The molecule has 0 aliphatic rings. The molecule has 0 radical (unpaired) electrons. The first-order valence-electron chi connectivity index (χ1n) is 7.90. The fraction of sp³-hybridized carbons (Fsp3) is 0.105. The Labute approximate surface area is 155 Å². The minimum absolute atomic E-state index is 0.311. The predicted molar refractivity (Wildman–Crippen MR) is 99.0 cm³/mol. The maximum absolute atomic E-state index is 12.9. The third-order valence-corrected chi connectivity index (χ3v) is 4.15. The molecule has 0 fully saturated rings. The molecule has 0 unspecified atom stereocenters. The van der Waals surface area contributed by atoms with E-state index in [-0.39, 0.29) is 0 Å². The Morgan fingerprint density at radius 2 is 1.92 bits per heavy atom. The van der Waals surface area contributed by atoms with E-state index in [1.807, 2.05) is 37.3 Å². The summed E-state index contributed by atoms with van der Waals surface area (Å²) in [4.78, 5) is 12.0. The van der Waals surface area contributed by atoms with Crippen LogP contribution in [-0.4, -0.2) is 21.9 Å². The summed E-state index contributed by atoms with van der Waals surface area (Å²) in [5.41, 5.74) is 5.10. The van der Waals surface area contributed by atoms with Crippen molar-refractivity contribution in [1.82, 2.24) is 15.2 Å². The summed E-state index contributed by atoms with van der Waals surface area (Å²) in [5, 5.41) is 8.77. The van der Waals surface area contributed by atoms with Crippen LogP contribution in [0.15, 0.2) is 59.7 Å². The molecule has 5 nitrogen and oxygen atoms in total. The second kappa shape index (κ2) is 7.93. The molecule has 0 bridgehead atoms. The molecule has 1 heterocycles. The first-order chi connectivity index (χ1) is 12.5. The Kier molecular flexibility index (Phi) is 5.43. The van der Waals surface area contributed by atoms with Crippen molar-refractivity contribution in [3.8, 4) is 0 Å². The smallest absolute Gasteiger partial charge is 0.267 e. The molecule has 3 rings (SSSR count). The summed E-state index contributed by atoms with van der Waals surface area (Å²) >= 11 is 6.38. The quantitative estimate of drug-likeness (QED) is 0.548. The number of carbonyl (C=O) groups is 1. The van der Waals surface area contributed by atoms with E-state index in [1.165, 1.54) is 30.5 Å². The lowest BCUT2D eigenvalue weighted by molar-refractivity contribution is 0.0955. The van der Waals surface area contributed by atoms with E-state index in [0.717, 1.165) is 5.56 Å². The lowest BCUT2D eigenvalue weighted by Gasteiger charge is -2.03. The summed E-state index contributed by atoms with van der Waals surface area (Å²) in [6.07, 6.45) is 1.45. The number of hydrogen-bond donors (Lipinski definition) is 1. The van der Waals surface area contributed by atoms with Crippen molar-refractivity contribution in [1.29, 1.82) is 0 Å². The highest BCUT2D eigenvalue weighted by Crippen LogP contribution is 2.19. The van der Waals surface area contributed by atoms with Gasteiger partial charge >= 0.3 is 0 Å². The van der Waals surface area contributed by atoms with Gasteiger partial charge in [-0.15, -0.1) is 0 Å². The van der Waals surface area contributed by atoms with Gasteiger partial charge in [-0.25, -0.2) is 14.5 Å².